The largest absolute Gasteiger partial charge is 0.393 e. The Kier molecular flexibility index (Phi) is 6.45. The van der Waals surface area contributed by atoms with Crippen molar-refractivity contribution in [1.29, 1.82) is 0 Å². The van der Waals surface area contributed by atoms with Crippen LogP contribution in [0.2, 0.25) is 0 Å². The van der Waals surface area contributed by atoms with E-state index in [1.807, 2.05) is 0 Å². The quantitative estimate of drug-likeness (QED) is 0.652. The summed E-state index contributed by atoms with van der Waals surface area (Å²) in [6.45, 7) is 8.78. The standard InChI is InChI=1S/C11H24O/c1-5-9(3)7-11(12)8-10(4)6-2/h9-12H,5-8H2,1-4H3. The van der Waals surface area contributed by atoms with Crippen LogP contribution in [0.1, 0.15) is 53.4 Å². The molecule has 1 heteroatoms. The molecule has 2 atom stereocenters. The first-order valence-electron chi connectivity index (χ1n) is 5.28. The Morgan fingerprint density at radius 3 is 1.50 bits per heavy atom. The smallest absolute Gasteiger partial charge is 0.0545 e. The van der Waals surface area contributed by atoms with Gasteiger partial charge in [0.15, 0.2) is 0 Å². The summed E-state index contributed by atoms with van der Waals surface area (Å²) < 4.78 is 0. The Bertz CT molecular complexity index is 89.2. The van der Waals surface area contributed by atoms with Gasteiger partial charge in [-0.05, 0) is 24.7 Å². The highest BCUT2D eigenvalue weighted by Crippen LogP contribution is 2.17. The maximum absolute atomic E-state index is 9.65. The summed E-state index contributed by atoms with van der Waals surface area (Å²) >= 11 is 0. The van der Waals surface area contributed by atoms with Gasteiger partial charge in [-0.15, -0.1) is 0 Å². The third-order valence-corrected chi connectivity index (χ3v) is 2.74. The highest BCUT2D eigenvalue weighted by atomic mass is 16.3. The molecule has 0 rings (SSSR count). The van der Waals surface area contributed by atoms with E-state index in [0.717, 1.165) is 12.8 Å². The Morgan fingerprint density at radius 2 is 1.25 bits per heavy atom. The van der Waals surface area contributed by atoms with E-state index in [2.05, 4.69) is 27.7 Å². The van der Waals surface area contributed by atoms with Crippen LogP contribution < -0.4 is 0 Å². The molecule has 0 aliphatic carbocycles. The average molecular weight is 172 g/mol. The molecule has 2 unspecified atom stereocenters. The lowest BCUT2D eigenvalue weighted by Crippen LogP contribution is -2.14. The molecular formula is C11H24O. The van der Waals surface area contributed by atoms with Gasteiger partial charge in [0.25, 0.3) is 0 Å². The van der Waals surface area contributed by atoms with Gasteiger partial charge in [-0.2, -0.15) is 0 Å². The second-order valence-electron chi connectivity index (χ2n) is 4.15. The van der Waals surface area contributed by atoms with E-state index in [0.29, 0.717) is 11.8 Å². The predicted octanol–water partition coefficient (Wildman–Crippen LogP) is 3.22. The lowest BCUT2D eigenvalue weighted by molar-refractivity contribution is 0.118. The van der Waals surface area contributed by atoms with Gasteiger partial charge in [0, 0.05) is 0 Å². The van der Waals surface area contributed by atoms with Crippen molar-refractivity contribution in [3.05, 3.63) is 0 Å². The summed E-state index contributed by atoms with van der Waals surface area (Å²) in [6, 6.07) is 0. The third-order valence-electron chi connectivity index (χ3n) is 2.74. The van der Waals surface area contributed by atoms with E-state index in [9.17, 15) is 5.11 Å². The summed E-state index contributed by atoms with van der Waals surface area (Å²) in [5, 5.41) is 9.65. The van der Waals surface area contributed by atoms with E-state index >= 15 is 0 Å². The van der Waals surface area contributed by atoms with Gasteiger partial charge in [0.05, 0.1) is 6.10 Å². The van der Waals surface area contributed by atoms with E-state index in [-0.39, 0.29) is 6.10 Å². The third kappa shape index (κ3) is 5.59. The number of aliphatic hydroxyl groups is 1. The Labute approximate surface area is 77.2 Å². The molecule has 0 radical (unpaired) electrons. The molecule has 0 amide bonds. The van der Waals surface area contributed by atoms with Crippen LogP contribution in [0.3, 0.4) is 0 Å². The normalized spacial score (nSPS) is 18.8. The molecule has 1 N–H and O–H groups in total. The van der Waals surface area contributed by atoms with E-state index in [1.54, 1.807) is 0 Å². The molecule has 74 valence electrons. The maximum Gasteiger partial charge on any atom is 0.0545 e. The fourth-order valence-electron chi connectivity index (χ4n) is 1.36. The Hall–Kier alpha value is -0.0400. The van der Waals surface area contributed by atoms with Gasteiger partial charge < -0.3 is 5.11 Å². The molecule has 0 saturated heterocycles. The van der Waals surface area contributed by atoms with Crippen molar-refractivity contribution in [2.24, 2.45) is 11.8 Å². The lowest BCUT2D eigenvalue weighted by atomic mass is 9.93. The number of rotatable bonds is 6. The van der Waals surface area contributed by atoms with E-state index in [1.165, 1.54) is 12.8 Å². The molecule has 0 aliphatic rings. The van der Waals surface area contributed by atoms with Crippen LogP contribution >= 0.6 is 0 Å². The zero-order chi connectivity index (χ0) is 9.56. The molecule has 0 fully saturated rings. The SMILES string of the molecule is CCC(C)CC(O)CC(C)CC. The molecule has 0 aromatic heterocycles. The first-order chi connectivity index (χ1) is 5.60. The molecule has 0 aromatic rings. The second-order valence-corrected chi connectivity index (χ2v) is 4.15. The van der Waals surface area contributed by atoms with Crippen LogP contribution in [0.25, 0.3) is 0 Å². The number of aliphatic hydroxyl groups excluding tert-OH is 1. The van der Waals surface area contributed by atoms with Crippen molar-refractivity contribution < 1.29 is 5.11 Å². The fraction of sp³-hybridized carbons (Fsp3) is 1.00. The summed E-state index contributed by atoms with van der Waals surface area (Å²) in [7, 11) is 0. The fourth-order valence-corrected chi connectivity index (χ4v) is 1.36. The maximum atomic E-state index is 9.65. The molecule has 0 saturated carbocycles. The molecule has 0 heterocycles. The Balaban J connectivity index is 3.51. The minimum absolute atomic E-state index is 0.0742. The van der Waals surface area contributed by atoms with Crippen LogP contribution in [0.4, 0.5) is 0 Å². The Morgan fingerprint density at radius 1 is 0.917 bits per heavy atom. The minimum atomic E-state index is -0.0742. The molecule has 0 aliphatic heterocycles. The molecular weight excluding hydrogens is 148 g/mol. The average Bonchev–Trinajstić information content (AvgIpc) is 2.03. The predicted molar refractivity (Wildman–Crippen MR) is 54.2 cm³/mol. The van der Waals surface area contributed by atoms with Gasteiger partial charge in [-0.3, -0.25) is 0 Å². The van der Waals surface area contributed by atoms with Gasteiger partial charge in [0.1, 0.15) is 0 Å². The van der Waals surface area contributed by atoms with Gasteiger partial charge in [-0.1, -0.05) is 40.5 Å². The number of hydrogen-bond acceptors (Lipinski definition) is 1. The molecule has 12 heavy (non-hydrogen) atoms. The van der Waals surface area contributed by atoms with E-state index < -0.39 is 0 Å². The van der Waals surface area contributed by atoms with Crippen LogP contribution in [0, 0.1) is 11.8 Å². The van der Waals surface area contributed by atoms with Crippen molar-refractivity contribution in [3.8, 4) is 0 Å². The lowest BCUT2D eigenvalue weighted by Gasteiger charge is -2.17. The monoisotopic (exact) mass is 172 g/mol. The first kappa shape index (κ1) is 12.0. The van der Waals surface area contributed by atoms with Crippen molar-refractivity contribution in [3.63, 3.8) is 0 Å². The van der Waals surface area contributed by atoms with Crippen molar-refractivity contribution in [2.75, 3.05) is 0 Å². The van der Waals surface area contributed by atoms with Crippen LogP contribution in [-0.2, 0) is 0 Å². The van der Waals surface area contributed by atoms with Crippen molar-refractivity contribution >= 4 is 0 Å². The van der Waals surface area contributed by atoms with Crippen LogP contribution in [0.5, 0.6) is 0 Å². The summed E-state index contributed by atoms with van der Waals surface area (Å²) in [5.41, 5.74) is 0. The molecule has 0 aromatic carbocycles. The summed E-state index contributed by atoms with van der Waals surface area (Å²) in [5.74, 6) is 1.34. The summed E-state index contributed by atoms with van der Waals surface area (Å²) in [6.07, 6.45) is 4.23. The second kappa shape index (κ2) is 6.47. The van der Waals surface area contributed by atoms with Crippen molar-refractivity contribution in [1.82, 2.24) is 0 Å². The molecule has 1 nitrogen and oxygen atoms in total. The summed E-state index contributed by atoms with van der Waals surface area (Å²) in [4.78, 5) is 0. The van der Waals surface area contributed by atoms with E-state index in [4.69, 9.17) is 0 Å². The molecule has 0 bridgehead atoms. The topological polar surface area (TPSA) is 20.2 Å². The minimum Gasteiger partial charge on any atom is -0.393 e. The van der Waals surface area contributed by atoms with Crippen LogP contribution in [0.15, 0.2) is 0 Å². The molecule has 0 spiro atoms. The van der Waals surface area contributed by atoms with Gasteiger partial charge >= 0.3 is 0 Å². The van der Waals surface area contributed by atoms with Gasteiger partial charge in [-0.25, -0.2) is 0 Å². The first-order valence-corrected chi connectivity index (χ1v) is 5.28. The van der Waals surface area contributed by atoms with Crippen LogP contribution in [-0.4, -0.2) is 11.2 Å². The number of hydrogen-bond donors (Lipinski definition) is 1. The zero-order valence-electron chi connectivity index (χ0n) is 9.01. The zero-order valence-corrected chi connectivity index (χ0v) is 9.01. The van der Waals surface area contributed by atoms with Crippen molar-refractivity contribution in [2.45, 2.75) is 59.5 Å². The highest BCUT2D eigenvalue weighted by molar-refractivity contribution is 4.63. The van der Waals surface area contributed by atoms with Gasteiger partial charge in [0.2, 0.25) is 0 Å². The highest BCUT2D eigenvalue weighted by Gasteiger charge is 2.11.